The van der Waals surface area contributed by atoms with E-state index < -0.39 is 0 Å². The number of rotatable bonds is 1. The van der Waals surface area contributed by atoms with Crippen LogP contribution in [0, 0.1) is 5.92 Å². The quantitative estimate of drug-likeness (QED) is 0.541. The van der Waals surface area contributed by atoms with Crippen LogP contribution in [-0.4, -0.2) is 6.04 Å². The summed E-state index contributed by atoms with van der Waals surface area (Å²) in [7, 11) is 0. The van der Waals surface area contributed by atoms with Crippen molar-refractivity contribution in [3.8, 4) is 0 Å². The second kappa shape index (κ2) is 3.12. The maximum absolute atomic E-state index is 4.44. The van der Waals surface area contributed by atoms with Crippen LogP contribution >= 0.6 is 0 Å². The van der Waals surface area contributed by atoms with E-state index in [1.54, 1.807) is 0 Å². The van der Waals surface area contributed by atoms with E-state index in [9.17, 15) is 0 Å². The summed E-state index contributed by atoms with van der Waals surface area (Å²) in [5, 5.41) is 4.44. The Morgan fingerprint density at radius 2 is 1.91 bits per heavy atom. The molecule has 0 saturated heterocycles. The first-order valence-electron chi connectivity index (χ1n) is 4.50. The normalized spacial score (nSPS) is 30.7. The van der Waals surface area contributed by atoms with Crippen molar-refractivity contribution in [2.45, 2.75) is 31.7 Å². The predicted octanol–water partition coefficient (Wildman–Crippen LogP) is 2.23. The van der Waals surface area contributed by atoms with Crippen molar-refractivity contribution in [3.63, 3.8) is 0 Å². The Morgan fingerprint density at radius 1 is 1.09 bits per heavy atom. The van der Waals surface area contributed by atoms with Crippen LogP contribution in [0.5, 0.6) is 0 Å². The molecule has 1 aliphatic heterocycles. The average Bonchev–Trinajstić information content (AvgIpc) is 2.58. The van der Waals surface area contributed by atoms with Crippen molar-refractivity contribution in [1.29, 1.82) is 0 Å². The summed E-state index contributed by atoms with van der Waals surface area (Å²) in [5.41, 5.74) is 0. The highest BCUT2D eigenvalue weighted by molar-refractivity contribution is 5.13. The molecule has 2 aliphatic rings. The molecule has 1 fully saturated rings. The van der Waals surface area contributed by atoms with Gasteiger partial charge in [0.1, 0.15) is 0 Å². The van der Waals surface area contributed by atoms with E-state index >= 15 is 0 Å². The zero-order valence-corrected chi connectivity index (χ0v) is 6.74. The highest BCUT2D eigenvalue weighted by Crippen LogP contribution is 2.29. The van der Waals surface area contributed by atoms with Gasteiger partial charge in [-0.05, 0) is 24.8 Å². The second-order valence-electron chi connectivity index (χ2n) is 3.41. The molecule has 59 valence electrons. The van der Waals surface area contributed by atoms with Crippen LogP contribution in [0.2, 0.25) is 0 Å². The molecule has 1 unspecified atom stereocenters. The van der Waals surface area contributed by atoms with Crippen LogP contribution in [0.25, 0.3) is 0 Å². The smallest absolute Gasteiger partial charge is 0.0711 e. The summed E-state index contributed by atoms with van der Waals surface area (Å²) in [6, 6.07) is 0.502. The van der Waals surface area contributed by atoms with Gasteiger partial charge in [0.2, 0.25) is 0 Å². The molecule has 1 atom stereocenters. The van der Waals surface area contributed by atoms with Crippen molar-refractivity contribution < 1.29 is 0 Å². The van der Waals surface area contributed by atoms with Crippen molar-refractivity contribution in [1.82, 2.24) is 5.32 Å². The Balaban J connectivity index is 1.94. The number of hydrogen-bond donors (Lipinski definition) is 0. The minimum absolute atomic E-state index is 0.502. The minimum atomic E-state index is 0.502. The lowest BCUT2D eigenvalue weighted by Crippen LogP contribution is -2.25. The summed E-state index contributed by atoms with van der Waals surface area (Å²) in [6.07, 6.45) is 13.9. The van der Waals surface area contributed by atoms with Crippen LogP contribution in [0.15, 0.2) is 24.4 Å². The highest BCUT2D eigenvalue weighted by Gasteiger charge is 2.23. The summed E-state index contributed by atoms with van der Waals surface area (Å²) in [5.74, 6) is 0.844. The van der Waals surface area contributed by atoms with Crippen LogP contribution in [0.4, 0.5) is 0 Å². The van der Waals surface area contributed by atoms with Gasteiger partial charge in [-0.15, -0.1) is 0 Å². The molecule has 1 nitrogen and oxygen atoms in total. The Kier molecular flexibility index (Phi) is 1.97. The van der Waals surface area contributed by atoms with Crippen LogP contribution < -0.4 is 5.32 Å². The molecular formula is C10H14N. The first kappa shape index (κ1) is 6.96. The van der Waals surface area contributed by atoms with Gasteiger partial charge in [-0.1, -0.05) is 25.0 Å². The lowest BCUT2D eigenvalue weighted by atomic mass is 9.97. The highest BCUT2D eigenvalue weighted by atomic mass is 14.9. The Bertz CT molecular complexity index is 175. The van der Waals surface area contributed by atoms with E-state index in [1.807, 2.05) is 12.3 Å². The molecule has 0 aromatic carbocycles. The Labute approximate surface area is 68.2 Å². The molecule has 11 heavy (non-hydrogen) atoms. The van der Waals surface area contributed by atoms with Crippen LogP contribution in [0.1, 0.15) is 25.7 Å². The first-order valence-corrected chi connectivity index (χ1v) is 4.50. The van der Waals surface area contributed by atoms with E-state index in [-0.39, 0.29) is 0 Å². The third-order valence-corrected chi connectivity index (χ3v) is 2.65. The van der Waals surface area contributed by atoms with E-state index in [1.165, 1.54) is 25.7 Å². The average molecular weight is 148 g/mol. The number of nitrogens with zero attached hydrogens (tertiary/aromatic N) is 1. The zero-order valence-electron chi connectivity index (χ0n) is 6.74. The van der Waals surface area contributed by atoms with Gasteiger partial charge in [-0.2, -0.15) is 0 Å². The van der Waals surface area contributed by atoms with Gasteiger partial charge in [-0.25, -0.2) is 0 Å². The molecule has 1 radical (unpaired) electrons. The molecule has 1 heteroatoms. The van der Waals surface area contributed by atoms with Gasteiger partial charge in [0.15, 0.2) is 0 Å². The van der Waals surface area contributed by atoms with Gasteiger partial charge in [-0.3, -0.25) is 5.32 Å². The number of hydrogen-bond acceptors (Lipinski definition) is 0. The molecule has 0 aromatic heterocycles. The van der Waals surface area contributed by atoms with E-state index in [0.717, 1.165) is 5.92 Å². The summed E-state index contributed by atoms with van der Waals surface area (Å²) >= 11 is 0. The molecule has 2 rings (SSSR count). The molecule has 0 spiro atoms. The predicted molar refractivity (Wildman–Crippen MR) is 46.2 cm³/mol. The van der Waals surface area contributed by atoms with Gasteiger partial charge < -0.3 is 0 Å². The minimum Gasteiger partial charge on any atom is -0.285 e. The topological polar surface area (TPSA) is 14.1 Å². The van der Waals surface area contributed by atoms with Crippen molar-refractivity contribution >= 4 is 0 Å². The SMILES string of the molecule is C1=C[N]C(C2CCCC2)C=C1. The fourth-order valence-electron chi connectivity index (χ4n) is 2.00. The number of allylic oxidation sites excluding steroid dienone is 2. The van der Waals surface area contributed by atoms with Crippen LogP contribution in [-0.2, 0) is 0 Å². The molecule has 1 aliphatic carbocycles. The fraction of sp³-hybridized carbons (Fsp3) is 0.600. The van der Waals surface area contributed by atoms with Gasteiger partial charge >= 0.3 is 0 Å². The summed E-state index contributed by atoms with van der Waals surface area (Å²) in [6.45, 7) is 0. The molecule has 0 bridgehead atoms. The van der Waals surface area contributed by atoms with E-state index in [4.69, 9.17) is 0 Å². The fourth-order valence-corrected chi connectivity index (χ4v) is 2.00. The zero-order chi connectivity index (χ0) is 7.52. The molecule has 0 N–H and O–H groups in total. The molecule has 0 amide bonds. The van der Waals surface area contributed by atoms with Crippen molar-refractivity contribution in [2.75, 3.05) is 0 Å². The molecule has 1 saturated carbocycles. The van der Waals surface area contributed by atoms with Gasteiger partial charge in [0.25, 0.3) is 0 Å². The monoisotopic (exact) mass is 148 g/mol. The third-order valence-electron chi connectivity index (χ3n) is 2.65. The molecule has 0 aromatic rings. The van der Waals surface area contributed by atoms with Gasteiger partial charge in [0, 0.05) is 6.20 Å². The summed E-state index contributed by atoms with van der Waals surface area (Å²) in [4.78, 5) is 0. The Hall–Kier alpha value is -0.720. The van der Waals surface area contributed by atoms with Crippen molar-refractivity contribution in [2.24, 2.45) is 5.92 Å². The first-order chi connectivity index (χ1) is 5.47. The van der Waals surface area contributed by atoms with E-state index in [2.05, 4.69) is 17.5 Å². The maximum atomic E-state index is 4.44. The van der Waals surface area contributed by atoms with Gasteiger partial charge in [0.05, 0.1) is 6.04 Å². The van der Waals surface area contributed by atoms with Crippen LogP contribution in [0.3, 0.4) is 0 Å². The van der Waals surface area contributed by atoms with E-state index in [0.29, 0.717) is 6.04 Å². The molecular weight excluding hydrogens is 134 g/mol. The lowest BCUT2D eigenvalue weighted by molar-refractivity contribution is 0.442. The van der Waals surface area contributed by atoms with Crippen molar-refractivity contribution in [3.05, 3.63) is 24.4 Å². The largest absolute Gasteiger partial charge is 0.285 e. The standard InChI is InChI=1S/C10H14N/c1-2-6-9(5-1)10-7-3-4-8-11-10/h3-4,7-10H,1-2,5-6H2. The second-order valence-corrected chi connectivity index (χ2v) is 3.41. The maximum Gasteiger partial charge on any atom is 0.0711 e. The Morgan fingerprint density at radius 3 is 2.55 bits per heavy atom. The molecule has 1 heterocycles. The third kappa shape index (κ3) is 1.47. The lowest BCUT2D eigenvalue weighted by Gasteiger charge is -2.19. The summed E-state index contributed by atoms with van der Waals surface area (Å²) < 4.78 is 0.